The number of ether oxygens (including phenoxy) is 1. The summed E-state index contributed by atoms with van der Waals surface area (Å²) in [6.45, 7) is 0. The van der Waals surface area contributed by atoms with E-state index in [0.29, 0.717) is 0 Å². The van der Waals surface area contributed by atoms with Crippen molar-refractivity contribution in [1.82, 2.24) is 4.98 Å². The molecule has 0 aliphatic carbocycles. The summed E-state index contributed by atoms with van der Waals surface area (Å²) in [5.41, 5.74) is 0.768. The number of carboxylic acid groups (broad SMARTS) is 1. The molecule has 1 aliphatic heterocycles. The lowest BCUT2D eigenvalue weighted by Crippen LogP contribution is -2.23. The molecule has 14 heavy (non-hydrogen) atoms. The monoisotopic (exact) mass is 192 g/mol. The number of carboxylic acids is 1. The molecule has 0 fully saturated rings. The molecule has 0 amide bonds. The minimum absolute atomic E-state index is 0.532. The molecule has 1 N–H and O–H groups in total. The van der Waals surface area contributed by atoms with Crippen molar-refractivity contribution in [2.75, 3.05) is 0 Å². The Hall–Kier alpha value is -1.91. The molecular formula is C9H8N2O3. The summed E-state index contributed by atoms with van der Waals surface area (Å²) in [5, 5.41) is 8.84. The Morgan fingerprint density at radius 1 is 1.43 bits per heavy atom. The number of carbonyl (C=O) groups is 1. The van der Waals surface area contributed by atoms with Crippen LogP contribution in [0.3, 0.4) is 0 Å². The predicted octanol–water partition coefficient (Wildman–Crippen LogP) is 0.634. The number of aliphatic imine (C=N–C) groups is 1. The molecule has 1 aromatic rings. The van der Waals surface area contributed by atoms with Crippen LogP contribution in [0.25, 0.3) is 0 Å². The Morgan fingerprint density at radius 2 is 2.14 bits per heavy atom. The normalized spacial score (nSPS) is 24.6. The minimum Gasteiger partial charge on any atom is -0.480 e. The second-order valence-electron chi connectivity index (χ2n) is 2.87. The van der Waals surface area contributed by atoms with Crippen molar-refractivity contribution in [2.24, 2.45) is 4.99 Å². The van der Waals surface area contributed by atoms with Crippen molar-refractivity contribution in [1.29, 1.82) is 0 Å². The molecule has 2 rings (SSSR count). The van der Waals surface area contributed by atoms with Crippen LogP contribution < -0.4 is 0 Å². The molecule has 0 saturated heterocycles. The third-order valence-electron chi connectivity index (χ3n) is 2.00. The van der Waals surface area contributed by atoms with Gasteiger partial charge in [0.25, 0.3) is 0 Å². The Labute approximate surface area is 80.1 Å². The summed E-state index contributed by atoms with van der Waals surface area (Å²) >= 11 is 0. The maximum Gasteiger partial charge on any atom is 0.332 e. The van der Waals surface area contributed by atoms with Crippen molar-refractivity contribution in [3.05, 3.63) is 30.1 Å². The average molecular weight is 192 g/mol. The quantitative estimate of drug-likeness (QED) is 0.746. The maximum absolute atomic E-state index is 10.8. The van der Waals surface area contributed by atoms with Crippen LogP contribution in [0.4, 0.5) is 0 Å². The van der Waals surface area contributed by atoms with Gasteiger partial charge in [0, 0.05) is 12.4 Å². The van der Waals surface area contributed by atoms with Gasteiger partial charge in [-0.15, -0.1) is 0 Å². The average Bonchev–Trinajstić information content (AvgIpc) is 2.67. The van der Waals surface area contributed by atoms with E-state index in [1.54, 1.807) is 24.5 Å². The molecule has 2 unspecified atom stereocenters. The third kappa shape index (κ3) is 1.44. The van der Waals surface area contributed by atoms with Gasteiger partial charge in [0.2, 0.25) is 0 Å². The summed E-state index contributed by atoms with van der Waals surface area (Å²) in [6, 6.07) is 2.59. The summed E-state index contributed by atoms with van der Waals surface area (Å²) in [5.74, 6) is -0.986. The topological polar surface area (TPSA) is 71.8 Å². The zero-order valence-corrected chi connectivity index (χ0v) is 7.20. The van der Waals surface area contributed by atoms with Crippen molar-refractivity contribution < 1.29 is 14.6 Å². The Balaban J connectivity index is 2.24. The first-order valence-corrected chi connectivity index (χ1v) is 4.09. The second-order valence-corrected chi connectivity index (χ2v) is 2.87. The summed E-state index contributed by atoms with van der Waals surface area (Å²) in [7, 11) is 0. The molecule has 5 heteroatoms. The maximum atomic E-state index is 10.8. The van der Waals surface area contributed by atoms with Gasteiger partial charge in [-0.3, -0.25) is 4.98 Å². The number of nitrogens with zero attached hydrogens (tertiary/aromatic N) is 2. The van der Waals surface area contributed by atoms with Gasteiger partial charge in [0.1, 0.15) is 0 Å². The van der Waals surface area contributed by atoms with Crippen LogP contribution in [-0.2, 0) is 9.53 Å². The van der Waals surface area contributed by atoms with E-state index in [1.807, 2.05) is 0 Å². The highest BCUT2D eigenvalue weighted by Crippen LogP contribution is 2.26. The number of hydrogen-bond acceptors (Lipinski definition) is 4. The second kappa shape index (κ2) is 3.45. The summed E-state index contributed by atoms with van der Waals surface area (Å²) in [6.07, 6.45) is 3.84. The van der Waals surface area contributed by atoms with Crippen molar-refractivity contribution in [3.63, 3.8) is 0 Å². The zero-order valence-electron chi connectivity index (χ0n) is 7.20. The van der Waals surface area contributed by atoms with Gasteiger partial charge in [0.15, 0.2) is 18.5 Å². The van der Waals surface area contributed by atoms with Crippen LogP contribution in [0.5, 0.6) is 0 Å². The molecule has 1 aromatic heterocycles. The molecule has 2 heterocycles. The SMILES string of the molecule is O=C(O)C1N=COC1c1ccncc1. The lowest BCUT2D eigenvalue weighted by molar-refractivity contribution is -0.140. The standard InChI is InChI=1S/C9H8N2O3/c12-9(13)7-8(14-5-11-7)6-1-3-10-4-2-6/h1-5,7-8H,(H,12,13). The lowest BCUT2D eigenvalue weighted by Gasteiger charge is -2.13. The third-order valence-corrected chi connectivity index (χ3v) is 2.00. The predicted molar refractivity (Wildman–Crippen MR) is 48.0 cm³/mol. The van der Waals surface area contributed by atoms with Crippen molar-refractivity contribution in [2.45, 2.75) is 12.1 Å². The van der Waals surface area contributed by atoms with Crippen LogP contribution in [0.15, 0.2) is 29.5 Å². The largest absolute Gasteiger partial charge is 0.480 e. The van der Waals surface area contributed by atoms with Crippen molar-refractivity contribution >= 4 is 12.4 Å². The van der Waals surface area contributed by atoms with E-state index in [9.17, 15) is 4.79 Å². The highest BCUT2D eigenvalue weighted by molar-refractivity contribution is 5.78. The first kappa shape index (κ1) is 8.68. The van der Waals surface area contributed by atoms with Crippen molar-refractivity contribution in [3.8, 4) is 0 Å². The molecule has 2 atom stereocenters. The zero-order chi connectivity index (χ0) is 9.97. The van der Waals surface area contributed by atoms with Gasteiger partial charge in [-0.1, -0.05) is 0 Å². The van der Waals surface area contributed by atoms with Gasteiger partial charge in [0.05, 0.1) is 0 Å². The number of hydrogen-bond donors (Lipinski definition) is 1. The van der Waals surface area contributed by atoms with E-state index in [-0.39, 0.29) is 0 Å². The fourth-order valence-corrected chi connectivity index (χ4v) is 1.33. The molecule has 5 nitrogen and oxygen atoms in total. The van der Waals surface area contributed by atoms with Crippen LogP contribution >= 0.6 is 0 Å². The van der Waals surface area contributed by atoms with Crippen LogP contribution in [0.2, 0.25) is 0 Å². The van der Waals surface area contributed by atoms with Gasteiger partial charge in [-0.2, -0.15) is 0 Å². The Kier molecular flexibility index (Phi) is 2.14. The first-order valence-electron chi connectivity index (χ1n) is 4.09. The van der Waals surface area contributed by atoms with E-state index in [2.05, 4.69) is 9.98 Å². The number of pyridine rings is 1. The van der Waals surface area contributed by atoms with E-state index < -0.39 is 18.1 Å². The summed E-state index contributed by atoms with van der Waals surface area (Å²) in [4.78, 5) is 18.3. The molecule has 0 aromatic carbocycles. The molecule has 1 aliphatic rings. The van der Waals surface area contributed by atoms with Gasteiger partial charge >= 0.3 is 5.97 Å². The Bertz CT molecular complexity index is 364. The molecule has 0 radical (unpaired) electrons. The number of aliphatic carboxylic acids is 1. The molecule has 0 spiro atoms. The van der Waals surface area contributed by atoms with Gasteiger partial charge < -0.3 is 9.84 Å². The number of aromatic nitrogens is 1. The van der Waals surface area contributed by atoms with E-state index >= 15 is 0 Å². The lowest BCUT2D eigenvalue weighted by atomic mass is 10.0. The van der Waals surface area contributed by atoms with E-state index in [4.69, 9.17) is 9.84 Å². The highest BCUT2D eigenvalue weighted by Gasteiger charge is 2.33. The molecule has 0 saturated carbocycles. The Morgan fingerprint density at radius 3 is 2.79 bits per heavy atom. The smallest absolute Gasteiger partial charge is 0.332 e. The first-order chi connectivity index (χ1) is 6.79. The fourth-order valence-electron chi connectivity index (χ4n) is 1.33. The van der Waals surface area contributed by atoms with Gasteiger partial charge in [-0.05, 0) is 17.7 Å². The molecule has 0 bridgehead atoms. The van der Waals surface area contributed by atoms with Crippen LogP contribution in [-0.4, -0.2) is 28.5 Å². The van der Waals surface area contributed by atoms with Crippen LogP contribution in [0, 0.1) is 0 Å². The summed E-state index contributed by atoms with van der Waals surface area (Å²) < 4.78 is 5.11. The van der Waals surface area contributed by atoms with Gasteiger partial charge in [-0.25, -0.2) is 9.79 Å². The highest BCUT2D eigenvalue weighted by atomic mass is 16.5. The number of rotatable bonds is 2. The molecule has 72 valence electrons. The van der Waals surface area contributed by atoms with E-state index in [0.717, 1.165) is 5.56 Å². The minimum atomic E-state index is -0.986. The van der Waals surface area contributed by atoms with Crippen LogP contribution in [0.1, 0.15) is 11.7 Å². The molecular weight excluding hydrogens is 184 g/mol. The fraction of sp³-hybridized carbons (Fsp3) is 0.222. The van der Waals surface area contributed by atoms with E-state index in [1.165, 1.54) is 6.40 Å².